The first kappa shape index (κ1) is 11.6. The average molecular weight is 234 g/mol. The highest BCUT2D eigenvalue weighted by Gasteiger charge is 2.19. The first-order valence-corrected chi connectivity index (χ1v) is 5.77. The number of urea groups is 1. The Balaban J connectivity index is 1.91. The van der Waals surface area contributed by atoms with Crippen molar-refractivity contribution < 1.29 is 4.79 Å². The Morgan fingerprint density at radius 3 is 2.88 bits per heavy atom. The molecule has 1 aromatic rings. The highest BCUT2D eigenvalue weighted by atomic mass is 16.2. The van der Waals surface area contributed by atoms with Gasteiger partial charge < -0.3 is 20.9 Å². The largest absolute Gasteiger partial charge is 0.397 e. The normalized spacial score (nSPS) is 14.9. The molecular formula is C12H18N4O. The Kier molecular flexibility index (Phi) is 3.37. The minimum atomic E-state index is 0.0273. The molecule has 0 unspecified atom stereocenters. The zero-order valence-corrected chi connectivity index (χ0v) is 10.0. The molecule has 2 rings (SSSR count). The van der Waals surface area contributed by atoms with Crippen molar-refractivity contribution in [2.24, 2.45) is 0 Å². The van der Waals surface area contributed by atoms with Gasteiger partial charge in [-0.15, -0.1) is 0 Å². The molecule has 17 heavy (non-hydrogen) atoms. The van der Waals surface area contributed by atoms with Gasteiger partial charge in [0.1, 0.15) is 0 Å². The number of hydrogen-bond acceptors (Lipinski definition) is 3. The molecule has 0 saturated carbocycles. The van der Waals surface area contributed by atoms with E-state index in [0.29, 0.717) is 0 Å². The summed E-state index contributed by atoms with van der Waals surface area (Å²) in [6.07, 6.45) is 0. The number of carbonyl (C=O) groups is 1. The lowest BCUT2D eigenvalue weighted by molar-refractivity contribution is 0.218. The molecule has 0 radical (unpaired) electrons. The predicted octanol–water partition coefficient (Wildman–Crippen LogP) is 0.730. The lowest BCUT2D eigenvalue weighted by Gasteiger charge is -2.23. The number of likely N-dealkylation sites (N-methyl/N-ethyl adjacent to an activating group) is 1. The van der Waals surface area contributed by atoms with Crippen molar-refractivity contribution in [1.29, 1.82) is 0 Å². The van der Waals surface area contributed by atoms with Crippen LogP contribution in [0.4, 0.5) is 16.2 Å². The van der Waals surface area contributed by atoms with Crippen molar-refractivity contribution >= 4 is 17.4 Å². The van der Waals surface area contributed by atoms with Gasteiger partial charge in [0.25, 0.3) is 0 Å². The van der Waals surface area contributed by atoms with E-state index >= 15 is 0 Å². The fourth-order valence-corrected chi connectivity index (χ4v) is 1.95. The summed E-state index contributed by atoms with van der Waals surface area (Å²) in [5.74, 6) is 0. The van der Waals surface area contributed by atoms with E-state index in [1.807, 2.05) is 36.2 Å². The zero-order valence-electron chi connectivity index (χ0n) is 10.0. The first-order chi connectivity index (χ1) is 8.18. The van der Waals surface area contributed by atoms with Crippen molar-refractivity contribution in [2.45, 2.75) is 0 Å². The smallest absolute Gasteiger partial charge is 0.317 e. The van der Waals surface area contributed by atoms with E-state index in [1.54, 1.807) is 0 Å². The zero-order chi connectivity index (χ0) is 12.3. The van der Waals surface area contributed by atoms with E-state index < -0.39 is 0 Å². The van der Waals surface area contributed by atoms with Gasteiger partial charge in [0.15, 0.2) is 0 Å². The molecule has 0 aliphatic carbocycles. The Labute approximate surface area is 101 Å². The van der Waals surface area contributed by atoms with Gasteiger partial charge in [0.2, 0.25) is 0 Å². The molecule has 1 heterocycles. The molecule has 1 fully saturated rings. The highest BCUT2D eigenvalue weighted by molar-refractivity contribution is 5.76. The number of carbonyl (C=O) groups excluding carboxylic acids is 1. The lowest BCUT2D eigenvalue weighted by Crippen LogP contribution is -2.35. The maximum absolute atomic E-state index is 11.4. The minimum absolute atomic E-state index is 0.0273. The second kappa shape index (κ2) is 4.95. The number of benzene rings is 1. The molecule has 1 aliphatic heterocycles. The summed E-state index contributed by atoms with van der Waals surface area (Å²) in [6, 6.07) is 7.78. The van der Waals surface area contributed by atoms with Crippen LogP contribution < -0.4 is 16.0 Å². The number of rotatable bonds is 4. The first-order valence-electron chi connectivity index (χ1n) is 5.77. The Morgan fingerprint density at radius 1 is 1.47 bits per heavy atom. The summed E-state index contributed by atoms with van der Waals surface area (Å²) >= 11 is 0. The number of nitrogens with two attached hydrogens (primary N) is 1. The molecule has 1 aromatic carbocycles. The molecule has 0 aromatic heterocycles. The molecule has 5 nitrogen and oxygen atoms in total. The molecule has 1 saturated heterocycles. The topological polar surface area (TPSA) is 61.6 Å². The quantitative estimate of drug-likeness (QED) is 0.755. The van der Waals surface area contributed by atoms with Crippen LogP contribution in [0.25, 0.3) is 0 Å². The fraction of sp³-hybridized carbons (Fsp3) is 0.417. The van der Waals surface area contributed by atoms with Gasteiger partial charge in [-0.2, -0.15) is 0 Å². The summed E-state index contributed by atoms with van der Waals surface area (Å²) in [7, 11) is 1.99. The number of hydrogen-bond donors (Lipinski definition) is 2. The summed E-state index contributed by atoms with van der Waals surface area (Å²) in [5, 5.41) is 2.79. The Hall–Kier alpha value is -1.91. The maximum Gasteiger partial charge on any atom is 0.317 e. The van der Waals surface area contributed by atoms with E-state index in [2.05, 4.69) is 10.2 Å². The maximum atomic E-state index is 11.4. The molecule has 0 bridgehead atoms. The van der Waals surface area contributed by atoms with E-state index in [1.165, 1.54) is 0 Å². The average Bonchev–Trinajstić information content (AvgIpc) is 2.72. The molecule has 0 atom stereocenters. The molecule has 92 valence electrons. The van der Waals surface area contributed by atoms with Crippen LogP contribution in [-0.4, -0.2) is 44.2 Å². The summed E-state index contributed by atoms with van der Waals surface area (Å²) in [4.78, 5) is 15.2. The molecule has 3 N–H and O–H groups in total. The van der Waals surface area contributed by atoms with Gasteiger partial charge in [-0.05, 0) is 12.1 Å². The number of anilines is 2. The second-order valence-corrected chi connectivity index (χ2v) is 4.20. The van der Waals surface area contributed by atoms with Crippen molar-refractivity contribution in [3.63, 3.8) is 0 Å². The third-order valence-electron chi connectivity index (χ3n) is 3.00. The third kappa shape index (κ3) is 2.61. The Bertz CT molecular complexity index is 407. The third-order valence-corrected chi connectivity index (χ3v) is 3.00. The lowest BCUT2D eigenvalue weighted by atomic mass is 10.2. The summed E-state index contributed by atoms with van der Waals surface area (Å²) < 4.78 is 0. The fourth-order valence-electron chi connectivity index (χ4n) is 1.95. The van der Waals surface area contributed by atoms with Crippen molar-refractivity contribution in [1.82, 2.24) is 10.2 Å². The van der Waals surface area contributed by atoms with Gasteiger partial charge in [0, 0.05) is 33.2 Å². The van der Waals surface area contributed by atoms with Crippen molar-refractivity contribution in [3.05, 3.63) is 24.3 Å². The second-order valence-electron chi connectivity index (χ2n) is 4.20. The van der Waals surface area contributed by atoms with Gasteiger partial charge in [-0.25, -0.2) is 4.79 Å². The number of nitrogen functional groups attached to an aromatic ring is 1. The molecular weight excluding hydrogens is 216 g/mol. The van der Waals surface area contributed by atoms with E-state index in [9.17, 15) is 4.79 Å². The van der Waals surface area contributed by atoms with Crippen LogP contribution in [0, 0.1) is 0 Å². The molecule has 5 heteroatoms. The van der Waals surface area contributed by atoms with E-state index in [-0.39, 0.29) is 6.03 Å². The van der Waals surface area contributed by atoms with Crippen LogP contribution in [0.2, 0.25) is 0 Å². The number of nitrogens with zero attached hydrogens (tertiary/aromatic N) is 2. The standard InChI is InChI=1S/C12H18N4O/c1-15(11-5-3-2-4-10(11)13)8-9-16-7-6-14-12(16)17/h2-5H,6-9,13H2,1H3,(H,14,17). The van der Waals surface area contributed by atoms with Crippen LogP contribution in [0.3, 0.4) is 0 Å². The Morgan fingerprint density at radius 2 is 2.24 bits per heavy atom. The van der Waals surface area contributed by atoms with Crippen LogP contribution in [0.15, 0.2) is 24.3 Å². The predicted molar refractivity (Wildman–Crippen MR) is 69.1 cm³/mol. The number of amides is 2. The van der Waals surface area contributed by atoms with Crippen molar-refractivity contribution in [2.75, 3.05) is 43.9 Å². The molecule has 1 aliphatic rings. The number of nitrogens with one attached hydrogen (secondary N) is 1. The monoisotopic (exact) mass is 234 g/mol. The van der Waals surface area contributed by atoms with Gasteiger partial charge in [-0.1, -0.05) is 12.1 Å². The van der Waals surface area contributed by atoms with Crippen LogP contribution in [-0.2, 0) is 0 Å². The SMILES string of the molecule is CN(CCN1CCNC1=O)c1ccccc1N. The molecule has 2 amide bonds. The minimum Gasteiger partial charge on any atom is -0.397 e. The summed E-state index contributed by atoms with van der Waals surface area (Å²) in [5.41, 5.74) is 7.67. The summed E-state index contributed by atoms with van der Waals surface area (Å²) in [6.45, 7) is 3.03. The van der Waals surface area contributed by atoms with Gasteiger partial charge in [0.05, 0.1) is 11.4 Å². The van der Waals surface area contributed by atoms with Crippen LogP contribution in [0.5, 0.6) is 0 Å². The molecule has 0 spiro atoms. The van der Waals surface area contributed by atoms with Crippen LogP contribution in [0.1, 0.15) is 0 Å². The highest BCUT2D eigenvalue weighted by Crippen LogP contribution is 2.20. The van der Waals surface area contributed by atoms with E-state index in [0.717, 1.165) is 37.6 Å². The number of para-hydroxylation sites is 2. The van der Waals surface area contributed by atoms with Gasteiger partial charge in [-0.3, -0.25) is 0 Å². The van der Waals surface area contributed by atoms with E-state index in [4.69, 9.17) is 5.73 Å². The van der Waals surface area contributed by atoms with Crippen LogP contribution >= 0.6 is 0 Å². The van der Waals surface area contributed by atoms with Crippen molar-refractivity contribution in [3.8, 4) is 0 Å². The van der Waals surface area contributed by atoms with Gasteiger partial charge >= 0.3 is 6.03 Å².